The molecule has 3 heteroatoms. The van der Waals surface area contributed by atoms with E-state index < -0.39 is 0 Å². The molecule has 1 fully saturated rings. The third kappa shape index (κ3) is 2.88. The van der Waals surface area contributed by atoms with Gasteiger partial charge in [-0.25, -0.2) is 0 Å². The predicted molar refractivity (Wildman–Crippen MR) is 98.9 cm³/mol. The molecule has 4 rings (SSSR count). The average molecular weight is 332 g/mol. The standard InChI is InChI=1S/C21H20N2S/c22-12-5-13-23-14-10-16(11-15-23)21-17-6-1-3-8-19(17)24-20-9-4-2-7-18(20)21/h1-4,6-9H,5,10-11,13-15H2. The molecule has 1 saturated heterocycles. The second-order valence-electron chi connectivity index (χ2n) is 6.32. The summed E-state index contributed by atoms with van der Waals surface area (Å²) in [6.45, 7) is 3.04. The lowest BCUT2D eigenvalue weighted by molar-refractivity contribution is 0.262. The van der Waals surface area contributed by atoms with Crippen LogP contribution in [0.15, 0.2) is 63.9 Å². The minimum Gasteiger partial charge on any atom is -0.302 e. The van der Waals surface area contributed by atoms with Crippen LogP contribution in [0.1, 0.15) is 30.4 Å². The fourth-order valence-corrected chi connectivity index (χ4v) is 4.76. The van der Waals surface area contributed by atoms with Crippen molar-refractivity contribution < 1.29 is 0 Å². The molecule has 2 aliphatic rings. The van der Waals surface area contributed by atoms with E-state index >= 15 is 0 Å². The van der Waals surface area contributed by atoms with Gasteiger partial charge in [0.2, 0.25) is 0 Å². The summed E-state index contributed by atoms with van der Waals surface area (Å²) in [5, 5.41) is 8.78. The molecule has 2 aliphatic heterocycles. The van der Waals surface area contributed by atoms with Crippen molar-refractivity contribution in [3.8, 4) is 6.07 Å². The van der Waals surface area contributed by atoms with Crippen molar-refractivity contribution in [2.75, 3.05) is 19.6 Å². The van der Waals surface area contributed by atoms with E-state index in [1.54, 1.807) is 5.57 Å². The molecule has 24 heavy (non-hydrogen) atoms. The van der Waals surface area contributed by atoms with Crippen LogP contribution in [-0.4, -0.2) is 24.5 Å². The highest BCUT2D eigenvalue weighted by atomic mass is 32.2. The minimum atomic E-state index is 0.633. The average Bonchev–Trinajstić information content (AvgIpc) is 2.65. The van der Waals surface area contributed by atoms with Crippen molar-refractivity contribution in [2.24, 2.45) is 0 Å². The van der Waals surface area contributed by atoms with E-state index in [1.165, 1.54) is 26.5 Å². The normalized spacial score (nSPS) is 17.1. The monoisotopic (exact) mass is 332 g/mol. The molecule has 0 saturated carbocycles. The van der Waals surface area contributed by atoms with E-state index in [4.69, 9.17) is 5.26 Å². The maximum Gasteiger partial charge on any atom is 0.0635 e. The highest BCUT2D eigenvalue weighted by Gasteiger charge is 2.25. The molecule has 0 N–H and O–H groups in total. The first kappa shape index (κ1) is 15.5. The zero-order valence-electron chi connectivity index (χ0n) is 13.7. The molecule has 2 aromatic rings. The van der Waals surface area contributed by atoms with Crippen LogP contribution in [-0.2, 0) is 0 Å². The Hall–Kier alpha value is -2.02. The van der Waals surface area contributed by atoms with Gasteiger partial charge in [0.15, 0.2) is 0 Å². The Morgan fingerprint density at radius 1 is 0.917 bits per heavy atom. The van der Waals surface area contributed by atoms with Crippen molar-refractivity contribution in [2.45, 2.75) is 29.1 Å². The molecule has 0 amide bonds. The molecule has 0 unspecified atom stereocenters. The van der Waals surface area contributed by atoms with Crippen LogP contribution >= 0.6 is 11.8 Å². The van der Waals surface area contributed by atoms with Gasteiger partial charge in [0, 0.05) is 35.8 Å². The molecular weight excluding hydrogens is 312 g/mol. The van der Waals surface area contributed by atoms with Crippen molar-refractivity contribution in [1.82, 2.24) is 4.90 Å². The zero-order valence-corrected chi connectivity index (χ0v) is 14.5. The number of fused-ring (bicyclic) bond motifs is 2. The highest BCUT2D eigenvalue weighted by Crippen LogP contribution is 2.47. The SMILES string of the molecule is N#CCCN1CCC(=C2c3ccccc3Sc3ccccc32)CC1. The van der Waals surface area contributed by atoms with Gasteiger partial charge >= 0.3 is 0 Å². The zero-order chi connectivity index (χ0) is 16.4. The Kier molecular flexibility index (Phi) is 4.42. The first-order valence-electron chi connectivity index (χ1n) is 8.55. The molecule has 120 valence electrons. The fourth-order valence-electron chi connectivity index (χ4n) is 3.67. The Morgan fingerprint density at radius 2 is 1.50 bits per heavy atom. The van der Waals surface area contributed by atoms with Crippen molar-refractivity contribution in [1.29, 1.82) is 5.26 Å². The summed E-state index contributed by atoms with van der Waals surface area (Å²) in [5.74, 6) is 0. The van der Waals surface area contributed by atoms with Crippen LogP contribution < -0.4 is 0 Å². The number of nitrogens with zero attached hydrogens (tertiary/aromatic N) is 2. The van der Waals surface area contributed by atoms with Crippen LogP contribution in [0.4, 0.5) is 0 Å². The number of rotatable bonds is 2. The molecule has 0 radical (unpaired) electrons. The lowest BCUT2D eigenvalue weighted by atomic mass is 9.88. The lowest BCUT2D eigenvalue weighted by Crippen LogP contribution is -2.31. The van der Waals surface area contributed by atoms with Gasteiger partial charge in [0.1, 0.15) is 0 Å². The third-order valence-corrected chi connectivity index (χ3v) is 6.04. The predicted octanol–water partition coefficient (Wildman–Crippen LogP) is 4.96. The molecule has 0 atom stereocenters. The smallest absolute Gasteiger partial charge is 0.0635 e. The van der Waals surface area contributed by atoms with E-state index in [0.717, 1.165) is 32.5 Å². The fraction of sp³-hybridized carbons (Fsp3) is 0.286. The lowest BCUT2D eigenvalue weighted by Gasteiger charge is -2.31. The van der Waals surface area contributed by atoms with Crippen LogP contribution in [0.2, 0.25) is 0 Å². The summed E-state index contributed by atoms with van der Waals surface area (Å²) in [5.41, 5.74) is 5.81. The summed E-state index contributed by atoms with van der Waals surface area (Å²) >= 11 is 1.88. The molecule has 2 heterocycles. The first-order valence-corrected chi connectivity index (χ1v) is 9.36. The van der Waals surface area contributed by atoms with Gasteiger partial charge in [0.25, 0.3) is 0 Å². The Morgan fingerprint density at radius 3 is 2.08 bits per heavy atom. The van der Waals surface area contributed by atoms with E-state index in [1.807, 2.05) is 11.8 Å². The van der Waals surface area contributed by atoms with Crippen molar-refractivity contribution in [3.63, 3.8) is 0 Å². The van der Waals surface area contributed by atoms with Gasteiger partial charge < -0.3 is 4.90 Å². The molecule has 2 aromatic carbocycles. The van der Waals surface area contributed by atoms with Gasteiger partial charge in [-0.15, -0.1) is 0 Å². The van der Waals surface area contributed by atoms with E-state index in [9.17, 15) is 0 Å². The minimum absolute atomic E-state index is 0.633. The molecule has 0 aromatic heterocycles. The Balaban J connectivity index is 1.72. The third-order valence-electron chi connectivity index (χ3n) is 4.89. The molecular formula is C21H20N2S. The van der Waals surface area contributed by atoms with E-state index in [-0.39, 0.29) is 0 Å². The highest BCUT2D eigenvalue weighted by molar-refractivity contribution is 7.99. The van der Waals surface area contributed by atoms with Crippen LogP contribution in [0.25, 0.3) is 5.57 Å². The van der Waals surface area contributed by atoms with E-state index in [2.05, 4.69) is 59.5 Å². The van der Waals surface area contributed by atoms with Gasteiger partial charge in [-0.1, -0.05) is 53.7 Å². The molecule has 0 spiro atoms. The number of benzene rings is 2. The Labute approximate surface area is 147 Å². The van der Waals surface area contributed by atoms with Gasteiger partial charge in [-0.05, 0) is 41.7 Å². The van der Waals surface area contributed by atoms with Crippen molar-refractivity contribution >= 4 is 17.3 Å². The maximum atomic E-state index is 8.78. The number of hydrogen-bond donors (Lipinski definition) is 0. The number of nitriles is 1. The number of hydrogen-bond acceptors (Lipinski definition) is 3. The largest absolute Gasteiger partial charge is 0.302 e. The molecule has 0 aliphatic carbocycles. The Bertz CT molecular complexity index is 774. The molecule has 2 nitrogen and oxygen atoms in total. The van der Waals surface area contributed by atoms with Crippen LogP contribution in [0, 0.1) is 11.3 Å². The topological polar surface area (TPSA) is 27.0 Å². The molecule has 0 bridgehead atoms. The number of piperidine rings is 1. The first-order chi connectivity index (χ1) is 11.9. The maximum absolute atomic E-state index is 8.78. The summed E-state index contributed by atoms with van der Waals surface area (Å²) in [4.78, 5) is 5.15. The second-order valence-corrected chi connectivity index (χ2v) is 7.41. The summed E-state index contributed by atoms with van der Waals surface area (Å²) in [6, 6.07) is 19.8. The van der Waals surface area contributed by atoms with Crippen LogP contribution in [0.3, 0.4) is 0 Å². The van der Waals surface area contributed by atoms with E-state index in [0.29, 0.717) is 6.42 Å². The summed E-state index contributed by atoms with van der Waals surface area (Å²) < 4.78 is 0. The van der Waals surface area contributed by atoms with Gasteiger partial charge in [-0.2, -0.15) is 5.26 Å². The second kappa shape index (κ2) is 6.84. The van der Waals surface area contributed by atoms with Crippen molar-refractivity contribution in [3.05, 3.63) is 65.2 Å². The summed E-state index contributed by atoms with van der Waals surface area (Å²) in [7, 11) is 0. The van der Waals surface area contributed by atoms with Crippen LogP contribution in [0.5, 0.6) is 0 Å². The quantitative estimate of drug-likeness (QED) is 0.663. The van der Waals surface area contributed by atoms with Gasteiger partial charge in [-0.3, -0.25) is 0 Å². The number of likely N-dealkylation sites (tertiary alicyclic amines) is 1. The van der Waals surface area contributed by atoms with Gasteiger partial charge in [0.05, 0.1) is 6.07 Å². The summed E-state index contributed by atoms with van der Waals surface area (Å²) in [6.07, 6.45) is 2.84.